The van der Waals surface area contributed by atoms with Crippen LogP contribution in [0, 0.1) is 0 Å². The minimum absolute atomic E-state index is 0.0715. The van der Waals surface area contributed by atoms with Crippen LogP contribution in [0.5, 0.6) is 0 Å². The minimum Gasteiger partial charge on any atom is -0.338 e. The molecule has 0 aliphatic carbocycles. The summed E-state index contributed by atoms with van der Waals surface area (Å²) in [6, 6.07) is 0.277. The smallest absolute Gasteiger partial charge is 0.314 e. The first-order valence-electron chi connectivity index (χ1n) is 8.74. The third-order valence-electron chi connectivity index (χ3n) is 3.95. The van der Waals surface area contributed by atoms with Crippen LogP contribution in [0.15, 0.2) is 0 Å². The highest BCUT2D eigenvalue weighted by molar-refractivity contribution is 7.88. The molecule has 0 aliphatic rings. The highest BCUT2D eigenvalue weighted by Gasteiger charge is 2.19. The zero-order valence-electron chi connectivity index (χ0n) is 16.1. The molecule has 0 atom stereocenters. The Bertz CT molecular complexity index is 452. The van der Waals surface area contributed by atoms with Gasteiger partial charge in [-0.3, -0.25) is 0 Å². The molecule has 24 heavy (non-hydrogen) atoms. The predicted octanol–water partition coefficient (Wildman–Crippen LogP) is 1.47. The molecular weight excluding hydrogens is 328 g/mol. The van der Waals surface area contributed by atoms with Gasteiger partial charge in [-0.15, -0.1) is 0 Å². The van der Waals surface area contributed by atoms with E-state index >= 15 is 0 Å². The molecular formula is C16H36N4O3S. The van der Waals surface area contributed by atoms with Crippen molar-refractivity contribution in [3.63, 3.8) is 0 Å². The van der Waals surface area contributed by atoms with Gasteiger partial charge in [-0.05, 0) is 60.5 Å². The zero-order valence-corrected chi connectivity index (χ0v) is 16.9. The van der Waals surface area contributed by atoms with Gasteiger partial charge in [-0.2, -0.15) is 4.31 Å². The Labute approximate surface area is 148 Å². The normalized spacial score (nSPS) is 12.4. The van der Waals surface area contributed by atoms with Crippen LogP contribution in [0.2, 0.25) is 0 Å². The van der Waals surface area contributed by atoms with E-state index in [2.05, 4.69) is 36.4 Å². The van der Waals surface area contributed by atoms with Crippen molar-refractivity contribution in [3.05, 3.63) is 0 Å². The molecule has 0 aromatic rings. The molecule has 0 saturated heterocycles. The molecule has 8 heteroatoms. The first kappa shape index (κ1) is 23.1. The van der Waals surface area contributed by atoms with E-state index in [9.17, 15) is 13.2 Å². The molecule has 0 bridgehead atoms. The summed E-state index contributed by atoms with van der Waals surface area (Å²) >= 11 is 0. The molecule has 0 spiro atoms. The molecule has 2 N–H and O–H groups in total. The standard InChI is InChI=1S/C16H36N4O3S/c1-14(2)19(5)12-8-7-10-17-16(21)18-11-9-13-20(15(3)4)24(6,22)23/h14-15H,7-13H2,1-6H3,(H2,17,18,21). The van der Waals surface area contributed by atoms with Gasteiger partial charge in [0, 0.05) is 31.7 Å². The monoisotopic (exact) mass is 364 g/mol. The number of hydrogen-bond acceptors (Lipinski definition) is 4. The van der Waals surface area contributed by atoms with Crippen LogP contribution in [0.4, 0.5) is 4.79 Å². The SMILES string of the molecule is CC(C)N(C)CCCCNC(=O)NCCCN(C(C)C)S(C)(=O)=O. The Morgan fingerprint density at radius 1 is 0.917 bits per heavy atom. The molecule has 7 nitrogen and oxygen atoms in total. The summed E-state index contributed by atoms with van der Waals surface area (Å²) < 4.78 is 24.7. The molecule has 0 aromatic carbocycles. The van der Waals surface area contributed by atoms with E-state index in [4.69, 9.17) is 0 Å². The molecule has 0 aromatic heterocycles. The number of sulfonamides is 1. The van der Waals surface area contributed by atoms with Gasteiger partial charge >= 0.3 is 6.03 Å². The quantitative estimate of drug-likeness (QED) is 0.514. The Balaban J connectivity index is 3.77. The zero-order chi connectivity index (χ0) is 18.8. The second kappa shape index (κ2) is 11.7. The summed E-state index contributed by atoms with van der Waals surface area (Å²) in [7, 11) is -1.10. The van der Waals surface area contributed by atoms with Gasteiger partial charge in [-0.1, -0.05) is 0 Å². The molecule has 0 fully saturated rings. The van der Waals surface area contributed by atoms with Gasteiger partial charge in [0.05, 0.1) is 6.26 Å². The first-order chi connectivity index (χ1) is 11.1. The highest BCUT2D eigenvalue weighted by Crippen LogP contribution is 2.05. The summed E-state index contributed by atoms with van der Waals surface area (Å²) in [4.78, 5) is 13.9. The lowest BCUT2D eigenvalue weighted by Crippen LogP contribution is -2.40. The predicted molar refractivity (Wildman–Crippen MR) is 99.7 cm³/mol. The van der Waals surface area contributed by atoms with Gasteiger partial charge in [0.25, 0.3) is 0 Å². The summed E-state index contributed by atoms with van der Waals surface area (Å²) in [6.45, 7) is 10.6. The number of carbonyl (C=O) groups is 1. The molecule has 0 saturated carbocycles. The van der Waals surface area contributed by atoms with Crippen LogP contribution in [0.1, 0.15) is 47.0 Å². The second-order valence-electron chi connectivity index (χ2n) is 6.79. The Hall–Kier alpha value is -0.860. The van der Waals surface area contributed by atoms with E-state index in [1.165, 1.54) is 10.6 Å². The first-order valence-corrected chi connectivity index (χ1v) is 10.6. The molecule has 0 aliphatic heterocycles. The molecule has 0 unspecified atom stereocenters. The fourth-order valence-electron chi connectivity index (χ4n) is 2.25. The molecule has 144 valence electrons. The minimum atomic E-state index is -3.20. The maximum atomic E-state index is 11.7. The van der Waals surface area contributed by atoms with E-state index in [1.54, 1.807) is 0 Å². The lowest BCUT2D eigenvalue weighted by Gasteiger charge is -2.23. The Kier molecular flexibility index (Phi) is 11.2. The van der Waals surface area contributed by atoms with E-state index < -0.39 is 10.0 Å². The fourth-order valence-corrected chi connectivity index (χ4v) is 3.48. The number of rotatable bonds is 12. The summed E-state index contributed by atoms with van der Waals surface area (Å²) in [5.74, 6) is 0. The van der Waals surface area contributed by atoms with E-state index in [0.29, 0.717) is 32.1 Å². The van der Waals surface area contributed by atoms with Crippen LogP contribution >= 0.6 is 0 Å². The van der Waals surface area contributed by atoms with Crippen molar-refractivity contribution in [3.8, 4) is 0 Å². The number of nitrogens with one attached hydrogen (secondary N) is 2. The van der Waals surface area contributed by atoms with E-state index in [-0.39, 0.29) is 12.1 Å². The van der Waals surface area contributed by atoms with Gasteiger partial charge in [0.15, 0.2) is 0 Å². The van der Waals surface area contributed by atoms with Crippen LogP contribution in [0.3, 0.4) is 0 Å². The third kappa shape index (κ3) is 10.8. The second-order valence-corrected chi connectivity index (χ2v) is 8.72. The maximum absolute atomic E-state index is 11.7. The van der Waals surface area contributed by atoms with E-state index in [1.807, 2.05) is 13.8 Å². The number of carbonyl (C=O) groups excluding carboxylic acids is 1. The fraction of sp³-hybridized carbons (Fsp3) is 0.938. The summed E-state index contributed by atoms with van der Waals surface area (Å²) in [6.07, 6.45) is 3.80. The molecule has 0 radical (unpaired) electrons. The number of urea groups is 1. The number of hydrogen-bond donors (Lipinski definition) is 2. The van der Waals surface area contributed by atoms with Crippen LogP contribution in [-0.4, -0.2) is 75.2 Å². The van der Waals surface area contributed by atoms with Crippen LogP contribution < -0.4 is 10.6 Å². The topological polar surface area (TPSA) is 81.8 Å². The van der Waals surface area contributed by atoms with Gasteiger partial charge in [-0.25, -0.2) is 13.2 Å². The van der Waals surface area contributed by atoms with Crippen molar-refractivity contribution >= 4 is 16.1 Å². The average molecular weight is 365 g/mol. The van der Waals surface area contributed by atoms with Crippen molar-refractivity contribution in [1.29, 1.82) is 0 Å². The summed E-state index contributed by atoms with van der Waals surface area (Å²) in [5.41, 5.74) is 0. The van der Waals surface area contributed by atoms with Crippen molar-refractivity contribution in [2.45, 2.75) is 59.0 Å². The van der Waals surface area contributed by atoms with E-state index in [0.717, 1.165) is 19.4 Å². The number of unbranched alkanes of at least 4 members (excludes halogenated alkanes) is 1. The average Bonchev–Trinajstić information content (AvgIpc) is 2.44. The molecule has 0 rings (SSSR count). The number of amides is 2. The van der Waals surface area contributed by atoms with Gasteiger partial charge in [0.2, 0.25) is 10.0 Å². The van der Waals surface area contributed by atoms with Crippen molar-refractivity contribution < 1.29 is 13.2 Å². The highest BCUT2D eigenvalue weighted by atomic mass is 32.2. The van der Waals surface area contributed by atoms with Gasteiger partial charge < -0.3 is 15.5 Å². The largest absolute Gasteiger partial charge is 0.338 e. The van der Waals surface area contributed by atoms with Crippen LogP contribution in [0.25, 0.3) is 0 Å². The summed E-state index contributed by atoms with van der Waals surface area (Å²) in [5, 5.41) is 5.59. The lowest BCUT2D eigenvalue weighted by molar-refractivity contribution is 0.239. The third-order valence-corrected chi connectivity index (χ3v) is 5.40. The molecule has 0 heterocycles. The number of nitrogens with zero attached hydrogens (tertiary/aromatic N) is 2. The van der Waals surface area contributed by atoms with Gasteiger partial charge in [0.1, 0.15) is 0 Å². The van der Waals surface area contributed by atoms with Crippen LogP contribution in [-0.2, 0) is 10.0 Å². The van der Waals surface area contributed by atoms with Crippen molar-refractivity contribution in [2.24, 2.45) is 0 Å². The Morgan fingerprint density at radius 3 is 1.92 bits per heavy atom. The maximum Gasteiger partial charge on any atom is 0.314 e. The Morgan fingerprint density at radius 2 is 1.46 bits per heavy atom. The van der Waals surface area contributed by atoms with Crippen molar-refractivity contribution in [2.75, 3.05) is 39.5 Å². The lowest BCUT2D eigenvalue weighted by atomic mass is 10.2. The van der Waals surface area contributed by atoms with Crippen molar-refractivity contribution in [1.82, 2.24) is 19.8 Å². The molecule has 2 amide bonds.